The third-order valence-electron chi connectivity index (χ3n) is 3.55. The summed E-state index contributed by atoms with van der Waals surface area (Å²) in [5, 5.41) is 17.0. The first kappa shape index (κ1) is 14.5. The molecular formula is C13H20N4O3. The molecule has 7 heteroatoms. The maximum atomic E-state index is 12.3. The van der Waals surface area contributed by atoms with Gasteiger partial charge in [0, 0.05) is 25.2 Å². The zero-order chi connectivity index (χ0) is 14.5. The lowest BCUT2D eigenvalue weighted by Crippen LogP contribution is -2.41. The van der Waals surface area contributed by atoms with Crippen LogP contribution < -0.4 is 10.6 Å². The van der Waals surface area contributed by atoms with Gasteiger partial charge in [0.05, 0.1) is 11.1 Å². The summed E-state index contributed by atoms with van der Waals surface area (Å²) in [5.74, 6) is -0.242. The molecule has 0 bridgehead atoms. The fourth-order valence-electron chi connectivity index (χ4n) is 2.45. The number of aryl methyl sites for hydroxylation is 1. The van der Waals surface area contributed by atoms with Gasteiger partial charge in [-0.05, 0) is 26.3 Å². The number of rotatable bonds is 4. The van der Waals surface area contributed by atoms with Gasteiger partial charge in [-0.2, -0.15) is 0 Å². The molecule has 20 heavy (non-hydrogen) atoms. The molecule has 1 aliphatic rings. The highest BCUT2D eigenvalue weighted by Gasteiger charge is 2.21. The summed E-state index contributed by atoms with van der Waals surface area (Å²) >= 11 is 0. The minimum atomic E-state index is -0.476. The highest BCUT2D eigenvalue weighted by molar-refractivity contribution is 5.93. The normalized spacial score (nSPS) is 19.4. The first-order chi connectivity index (χ1) is 9.61. The third-order valence-corrected chi connectivity index (χ3v) is 3.55. The first-order valence-electron chi connectivity index (χ1n) is 6.98. The molecule has 1 saturated heterocycles. The van der Waals surface area contributed by atoms with Crippen LogP contribution in [0.15, 0.2) is 12.3 Å². The molecule has 7 nitrogen and oxygen atoms in total. The van der Waals surface area contributed by atoms with Crippen LogP contribution >= 0.6 is 0 Å². The van der Waals surface area contributed by atoms with Gasteiger partial charge >= 0.3 is 0 Å². The first-order valence-corrected chi connectivity index (χ1v) is 6.98. The smallest absolute Gasteiger partial charge is 0.287 e. The number of hydrogen-bond acceptors (Lipinski definition) is 4. The predicted octanol–water partition coefficient (Wildman–Crippen LogP) is 1.29. The maximum Gasteiger partial charge on any atom is 0.287 e. The summed E-state index contributed by atoms with van der Waals surface area (Å²) in [6.07, 6.45) is 4.53. The van der Waals surface area contributed by atoms with E-state index in [1.54, 1.807) is 4.57 Å². The minimum Gasteiger partial charge on any atom is -0.347 e. The van der Waals surface area contributed by atoms with Gasteiger partial charge in [0.2, 0.25) is 0 Å². The van der Waals surface area contributed by atoms with Crippen LogP contribution in [0.3, 0.4) is 0 Å². The predicted molar refractivity (Wildman–Crippen MR) is 74.7 cm³/mol. The van der Waals surface area contributed by atoms with Crippen LogP contribution in [0.4, 0.5) is 5.69 Å². The molecule has 1 unspecified atom stereocenters. The van der Waals surface area contributed by atoms with Gasteiger partial charge in [0.1, 0.15) is 5.69 Å². The van der Waals surface area contributed by atoms with Crippen LogP contribution in [0.1, 0.15) is 36.7 Å². The Morgan fingerprint density at radius 1 is 1.60 bits per heavy atom. The number of aromatic nitrogens is 1. The molecule has 110 valence electrons. The Kier molecular flexibility index (Phi) is 4.73. The van der Waals surface area contributed by atoms with Crippen LogP contribution in [-0.2, 0) is 6.54 Å². The molecule has 0 radical (unpaired) electrons. The van der Waals surface area contributed by atoms with E-state index < -0.39 is 4.92 Å². The molecule has 0 aliphatic carbocycles. The lowest BCUT2D eigenvalue weighted by Gasteiger charge is -2.16. The zero-order valence-corrected chi connectivity index (χ0v) is 11.6. The lowest BCUT2D eigenvalue weighted by atomic mass is 10.1. The molecule has 0 spiro atoms. The number of nitro groups is 1. The Labute approximate surface area is 117 Å². The molecule has 1 aromatic rings. The van der Waals surface area contributed by atoms with Crippen molar-refractivity contribution >= 4 is 11.6 Å². The van der Waals surface area contributed by atoms with Crippen molar-refractivity contribution in [1.82, 2.24) is 15.2 Å². The molecule has 2 N–H and O–H groups in total. The topological polar surface area (TPSA) is 89.2 Å². The van der Waals surface area contributed by atoms with Crippen molar-refractivity contribution in [3.05, 3.63) is 28.1 Å². The van der Waals surface area contributed by atoms with E-state index in [9.17, 15) is 14.9 Å². The van der Waals surface area contributed by atoms with E-state index in [1.165, 1.54) is 12.3 Å². The Balaban J connectivity index is 2.09. The van der Waals surface area contributed by atoms with Gasteiger partial charge in [-0.1, -0.05) is 6.42 Å². The molecule has 1 amide bonds. The molecule has 2 rings (SSSR count). The highest BCUT2D eigenvalue weighted by atomic mass is 16.6. The minimum absolute atomic E-state index is 0.0454. The Bertz CT molecular complexity index is 490. The molecule has 0 aromatic carbocycles. The SMILES string of the molecule is CCn1cc([N+](=O)[O-])cc1C(=O)NC1CCCCNC1. The van der Waals surface area contributed by atoms with Crippen molar-refractivity contribution < 1.29 is 9.72 Å². The summed E-state index contributed by atoms with van der Waals surface area (Å²) in [5.41, 5.74) is 0.305. The van der Waals surface area contributed by atoms with Crippen molar-refractivity contribution in [2.45, 2.75) is 38.8 Å². The van der Waals surface area contributed by atoms with Crippen molar-refractivity contribution in [2.75, 3.05) is 13.1 Å². The summed E-state index contributed by atoms with van der Waals surface area (Å²) < 4.78 is 1.61. The van der Waals surface area contributed by atoms with E-state index >= 15 is 0 Å². The number of carbonyl (C=O) groups excluding carboxylic acids is 1. The van der Waals surface area contributed by atoms with Crippen LogP contribution in [0.5, 0.6) is 0 Å². The molecule has 1 aromatic heterocycles. The van der Waals surface area contributed by atoms with E-state index in [1.807, 2.05) is 6.92 Å². The molecule has 1 atom stereocenters. The molecule has 1 aliphatic heterocycles. The van der Waals surface area contributed by atoms with Gasteiger partial charge in [-0.15, -0.1) is 0 Å². The summed E-state index contributed by atoms with van der Waals surface area (Å²) in [6.45, 7) is 4.11. The van der Waals surface area contributed by atoms with Gasteiger partial charge in [0.25, 0.3) is 11.6 Å². The number of carbonyl (C=O) groups is 1. The van der Waals surface area contributed by atoms with Crippen molar-refractivity contribution in [1.29, 1.82) is 0 Å². The van der Waals surface area contributed by atoms with Crippen LogP contribution in [0, 0.1) is 10.1 Å². The van der Waals surface area contributed by atoms with Crippen LogP contribution in [0.25, 0.3) is 0 Å². The summed E-state index contributed by atoms with van der Waals surface area (Å²) in [4.78, 5) is 22.6. The average molecular weight is 280 g/mol. The number of nitrogens with one attached hydrogen (secondary N) is 2. The lowest BCUT2D eigenvalue weighted by molar-refractivity contribution is -0.384. The Morgan fingerprint density at radius 2 is 2.40 bits per heavy atom. The second kappa shape index (κ2) is 6.51. The van der Waals surface area contributed by atoms with E-state index in [2.05, 4.69) is 10.6 Å². The van der Waals surface area contributed by atoms with Crippen molar-refractivity contribution in [2.24, 2.45) is 0 Å². The summed E-state index contributed by atoms with van der Waals surface area (Å²) in [6, 6.07) is 1.42. The second-order valence-corrected chi connectivity index (χ2v) is 5.00. The van der Waals surface area contributed by atoms with Crippen molar-refractivity contribution in [3.63, 3.8) is 0 Å². The van der Waals surface area contributed by atoms with Gasteiger partial charge in [-0.25, -0.2) is 0 Å². The standard InChI is InChI=1S/C13H20N4O3/c1-2-16-9-11(17(19)20)7-12(16)13(18)15-10-5-3-4-6-14-8-10/h7,9-10,14H,2-6,8H2,1H3,(H,15,18). The second-order valence-electron chi connectivity index (χ2n) is 5.00. The molecule has 2 heterocycles. The summed E-state index contributed by atoms with van der Waals surface area (Å²) in [7, 11) is 0. The van der Waals surface area contributed by atoms with E-state index in [0.29, 0.717) is 12.2 Å². The zero-order valence-electron chi connectivity index (χ0n) is 11.6. The van der Waals surface area contributed by atoms with E-state index in [0.717, 1.165) is 32.4 Å². The van der Waals surface area contributed by atoms with Crippen LogP contribution in [-0.4, -0.2) is 34.5 Å². The molecule has 0 saturated carbocycles. The number of nitrogens with zero attached hydrogens (tertiary/aromatic N) is 2. The van der Waals surface area contributed by atoms with Gasteiger partial charge < -0.3 is 15.2 Å². The molecular weight excluding hydrogens is 260 g/mol. The number of hydrogen-bond donors (Lipinski definition) is 2. The monoisotopic (exact) mass is 280 g/mol. The molecule has 1 fully saturated rings. The van der Waals surface area contributed by atoms with Crippen LogP contribution in [0.2, 0.25) is 0 Å². The van der Waals surface area contributed by atoms with Crippen molar-refractivity contribution in [3.8, 4) is 0 Å². The fourth-order valence-corrected chi connectivity index (χ4v) is 2.45. The Morgan fingerprint density at radius 3 is 3.10 bits per heavy atom. The Hall–Kier alpha value is -1.89. The maximum absolute atomic E-state index is 12.3. The fraction of sp³-hybridized carbons (Fsp3) is 0.615. The largest absolute Gasteiger partial charge is 0.347 e. The number of amides is 1. The van der Waals surface area contributed by atoms with Gasteiger partial charge in [0.15, 0.2) is 0 Å². The quantitative estimate of drug-likeness (QED) is 0.642. The average Bonchev–Trinajstić information content (AvgIpc) is 2.71. The highest BCUT2D eigenvalue weighted by Crippen LogP contribution is 2.17. The van der Waals surface area contributed by atoms with Gasteiger partial charge in [-0.3, -0.25) is 14.9 Å². The third kappa shape index (κ3) is 3.36. The van der Waals surface area contributed by atoms with E-state index in [4.69, 9.17) is 0 Å². The van der Waals surface area contributed by atoms with E-state index in [-0.39, 0.29) is 17.6 Å².